The van der Waals surface area contributed by atoms with Gasteiger partial charge in [0, 0.05) is 24.7 Å². The largest absolute Gasteiger partial charge is 0.353 e. The number of benzene rings is 1. The zero-order chi connectivity index (χ0) is 11.9. The van der Waals surface area contributed by atoms with Gasteiger partial charge in [0.15, 0.2) is 0 Å². The van der Waals surface area contributed by atoms with Gasteiger partial charge < -0.3 is 10.6 Å². The second-order valence-electron chi connectivity index (χ2n) is 3.93. The average molecular weight is 230 g/mol. The molecule has 2 N–H and O–H groups in total. The molecule has 0 aliphatic heterocycles. The lowest BCUT2D eigenvalue weighted by molar-refractivity contribution is 0.686. The van der Waals surface area contributed by atoms with E-state index >= 15 is 0 Å². The SMILES string of the molecule is CCCNCCNc1ncc2ccccc2n1. The van der Waals surface area contributed by atoms with Crippen LogP contribution in [0.1, 0.15) is 13.3 Å². The van der Waals surface area contributed by atoms with Gasteiger partial charge in [0.1, 0.15) is 0 Å². The normalized spacial score (nSPS) is 10.6. The van der Waals surface area contributed by atoms with Gasteiger partial charge in [-0.05, 0) is 19.0 Å². The molecule has 0 saturated heterocycles. The first-order valence-corrected chi connectivity index (χ1v) is 6.06. The minimum Gasteiger partial charge on any atom is -0.353 e. The number of anilines is 1. The summed E-state index contributed by atoms with van der Waals surface area (Å²) in [5, 5.41) is 7.61. The minimum absolute atomic E-state index is 0.696. The molecule has 2 rings (SSSR count). The van der Waals surface area contributed by atoms with Crippen LogP contribution in [-0.2, 0) is 0 Å². The Morgan fingerprint density at radius 2 is 2.00 bits per heavy atom. The van der Waals surface area contributed by atoms with Crippen molar-refractivity contribution in [2.24, 2.45) is 0 Å². The van der Waals surface area contributed by atoms with Crippen LogP contribution >= 0.6 is 0 Å². The van der Waals surface area contributed by atoms with Gasteiger partial charge >= 0.3 is 0 Å². The first-order chi connectivity index (χ1) is 8.40. The summed E-state index contributed by atoms with van der Waals surface area (Å²) in [6, 6.07) is 7.99. The predicted octanol–water partition coefficient (Wildman–Crippen LogP) is 2.04. The van der Waals surface area contributed by atoms with Crippen molar-refractivity contribution in [1.29, 1.82) is 0 Å². The summed E-state index contributed by atoms with van der Waals surface area (Å²) in [5.41, 5.74) is 0.978. The summed E-state index contributed by atoms with van der Waals surface area (Å²) < 4.78 is 0. The molecule has 0 fully saturated rings. The van der Waals surface area contributed by atoms with Crippen LogP contribution in [0, 0.1) is 0 Å². The van der Waals surface area contributed by atoms with Crippen molar-refractivity contribution in [3.8, 4) is 0 Å². The van der Waals surface area contributed by atoms with Crippen LogP contribution in [0.25, 0.3) is 10.9 Å². The first-order valence-electron chi connectivity index (χ1n) is 6.06. The quantitative estimate of drug-likeness (QED) is 0.746. The van der Waals surface area contributed by atoms with Crippen LogP contribution < -0.4 is 10.6 Å². The van der Waals surface area contributed by atoms with Crippen LogP contribution in [0.3, 0.4) is 0 Å². The fraction of sp³-hybridized carbons (Fsp3) is 0.385. The maximum absolute atomic E-state index is 4.44. The molecule has 17 heavy (non-hydrogen) atoms. The molecule has 1 heterocycles. The summed E-state index contributed by atoms with van der Waals surface area (Å²) in [6.07, 6.45) is 3.01. The van der Waals surface area contributed by atoms with Gasteiger partial charge in [-0.15, -0.1) is 0 Å². The summed E-state index contributed by atoms with van der Waals surface area (Å²) >= 11 is 0. The Labute approximate surface area is 101 Å². The summed E-state index contributed by atoms with van der Waals surface area (Å²) in [5.74, 6) is 0.696. The molecular formula is C13H18N4. The van der Waals surface area contributed by atoms with E-state index in [9.17, 15) is 0 Å². The van der Waals surface area contributed by atoms with Crippen LogP contribution in [0.4, 0.5) is 5.95 Å². The van der Waals surface area contributed by atoms with E-state index in [-0.39, 0.29) is 0 Å². The molecule has 0 spiro atoms. The second kappa shape index (κ2) is 6.15. The van der Waals surface area contributed by atoms with Crippen molar-refractivity contribution in [3.63, 3.8) is 0 Å². The summed E-state index contributed by atoms with van der Waals surface area (Å²) in [4.78, 5) is 8.72. The van der Waals surface area contributed by atoms with Gasteiger partial charge in [-0.1, -0.05) is 25.1 Å². The molecule has 1 aromatic carbocycles. The monoisotopic (exact) mass is 230 g/mol. The van der Waals surface area contributed by atoms with Crippen molar-refractivity contribution in [2.75, 3.05) is 25.0 Å². The second-order valence-corrected chi connectivity index (χ2v) is 3.93. The molecule has 0 radical (unpaired) electrons. The lowest BCUT2D eigenvalue weighted by Crippen LogP contribution is -2.23. The maximum Gasteiger partial charge on any atom is 0.223 e. The lowest BCUT2D eigenvalue weighted by atomic mass is 10.2. The molecule has 1 aromatic heterocycles. The Bertz CT molecular complexity index is 470. The average Bonchev–Trinajstić information content (AvgIpc) is 2.38. The summed E-state index contributed by atoms with van der Waals surface area (Å²) in [6.45, 7) is 5.00. The standard InChI is InChI=1S/C13H18N4/c1-2-7-14-8-9-15-13-16-10-11-5-3-4-6-12(11)17-13/h3-6,10,14H,2,7-9H2,1H3,(H,15,16,17). The molecule has 0 aliphatic carbocycles. The molecule has 0 unspecified atom stereocenters. The molecule has 0 bridgehead atoms. The predicted molar refractivity (Wildman–Crippen MR) is 71.2 cm³/mol. The number of nitrogens with one attached hydrogen (secondary N) is 2. The van der Waals surface area contributed by atoms with E-state index in [0.717, 1.165) is 37.0 Å². The van der Waals surface area contributed by atoms with Gasteiger partial charge in [0.2, 0.25) is 5.95 Å². The topological polar surface area (TPSA) is 49.8 Å². The number of hydrogen-bond donors (Lipinski definition) is 2. The third-order valence-electron chi connectivity index (χ3n) is 2.50. The van der Waals surface area contributed by atoms with Crippen molar-refractivity contribution in [3.05, 3.63) is 30.5 Å². The van der Waals surface area contributed by atoms with Crippen LogP contribution in [0.5, 0.6) is 0 Å². The van der Waals surface area contributed by atoms with E-state index in [1.807, 2.05) is 30.5 Å². The number of para-hydroxylation sites is 1. The van der Waals surface area contributed by atoms with Gasteiger partial charge in [0.05, 0.1) is 5.52 Å². The fourth-order valence-electron chi connectivity index (χ4n) is 1.62. The Morgan fingerprint density at radius 3 is 2.88 bits per heavy atom. The van der Waals surface area contributed by atoms with E-state index in [1.54, 1.807) is 0 Å². The van der Waals surface area contributed by atoms with E-state index < -0.39 is 0 Å². The Balaban J connectivity index is 1.90. The van der Waals surface area contributed by atoms with Gasteiger partial charge in [-0.25, -0.2) is 9.97 Å². The first kappa shape index (κ1) is 11.8. The van der Waals surface area contributed by atoms with Crippen LogP contribution in [0.15, 0.2) is 30.5 Å². The lowest BCUT2D eigenvalue weighted by Gasteiger charge is -2.06. The maximum atomic E-state index is 4.44. The number of nitrogens with zero attached hydrogens (tertiary/aromatic N) is 2. The van der Waals surface area contributed by atoms with E-state index in [1.165, 1.54) is 0 Å². The molecule has 0 aliphatic rings. The molecule has 4 heteroatoms. The third-order valence-corrected chi connectivity index (χ3v) is 2.50. The molecule has 0 atom stereocenters. The molecule has 4 nitrogen and oxygen atoms in total. The Hall–Kier alpha value is -1.68. The Kier molecular flexibility index (Phi) is 4.27. The smallest absolute Gasteiger partial charge is 0.223 e. The highest BCUT2D eigenvalue weighted by Crippen LogP contribution is 2.11. The van der Waals surface area contributed by atoms with E-state index in [4.69, 9.17) is 0 Å². The molecule has 0 amide bonds. The number of rotatable bonds is 6. The highest BCUT2D eigenvalue weighted by Gasteiger charge is 1.97. The highest BCUT2D eigenvalue weighted by molar-refractivity contribution is 5.78. The van der Waals surface area contributed by atoms with Crippen molar-refractivity contribution in [1.82, 2.24) is 15.3 Å². The highest BCUT2D eigenvalue weighted by atomic mass is 15.1. The Morgan fingerprint density at radius 1 is 1.12 bits per heavy atom. The van der Waals surface area contributed by atoms with E-state index in [0.29, 0.717) is 5.95 Å². The van der Waals surface area contributed by atoms with Gasteiger partial charge in [-0.2, -0.15) is 0 Å². The fourth-order valence-corrected chi connectivity index (χ4v) is 1.62. The molecule has 90 valence electrons. The summed E-state index contributed by atoms with van der Waals surface area (Å²) in [7, 11) is 0. The van der Waals surface area contributed by atoms with E-state index in [2.05, 4.69) is 27.5 Å². The van der Waals surface area contributed by atoms with Gasteiger partial charge in [-0.3, -0.25) is 0 Å². The third kappa shape index (κ3) is 3.39. The van der Waals surface area contributed by atoms with Crippen molar-refractivity contribution in [2.45, 2.75) is 13.3 Å². The van der Waals surface area contributed by atoms with Crippen molar-refractivity contribution < 1.29 is 0 Å². The molecule has 0 saturated carbocycles. The number of fused-ring (bicyclic) bond motifs is 1. The van der Waals surface area contributed by atoms with Crippen molar-refractivity contribution >= 4 is 16.9 Å². The zero-order valence-corrected chi connectivity index (χ0v) is 10.1. The van der Waals surface area contributed by atoms with Crippen LogP contribution in [-0.4, -0.2) is 29.6 Å². The number of hydrogen-bond acceptors (Lipinski definition) is 4. The molecular weight excluding hydrogens is 212 g/mol. The van der Waals surface area contributed by atoms with Gasteiger partial charge in [0.25, 0.3) is 0 Å². The molecule has 2 aromatic rings. The van der Waals surface area contributed by atoms with Crippen LogP contribution in [0.2, 0.25) is 0 Å². The zero-order valence-electron chi connectivity index (χ0n) is 10.1. The number of aromatic nitrogens is 2. The minimum atomic E-state index is 0.696.